The van der Waals surface area contributed by atoms with Crippen LogP contribution in [-0.2, 0) is 0 Å². The van der Waals surface area contributed by atoms with Crippen LogP contribution in [0.1, 0.15) is 22.8 Å². The van der Waals surface area contributed by atoms with Crippen molar-refractivity contribution in [2.45, 2.75) is 6.92 Å². The summed E-state index contributed by atoms with van der Waals surface area (Å²) in [5.41, 5.74) is 7.37. The van der Waals surface area contributed by atoms with Crippen molar-refractivity contribution in [1.82, 2.24) is 0 Å². The van der Waals surface area contributed by atoms with Crippen molar-refractivity contribution in [3.63, 3.8) is 0 Å². The van der Waals surface area contributed by atoms with Crippen LogP contribution in [0.3, 0.4) is 0 Å². The summed E-state index contributed by atoms with van der Waals surface area (Å²) in [7, 11) is 1.54. The van der Waals surface area contributed by atoms with E-state index in [0.717, 1.165) is 11.1 Å². The second-order valence-corrected chi connectivity index (χ2v) is 3.27. The molecule has 1 amide bonds. The summed E-state index contributed by atoms with van der Waals surface area (Å²) in [6, 6.07) is 5.04. The Labute approximate surface area is 94.4 Å². The number of hydrogen-bond donors (Lipinski definition) is 1. The second kappa shape index (κ2) is 5.11. The number of ether oxygens (including phenoxy) is 1. The van der Waals surface area contributed by atoms with Crippen molar-refractivity contribution in [1.29, 1.82) is 0 Å². The van der Waals surface area contributed by atoms with E-state index in [9.17, 15) is 4.79 Å². The second-order valence-electron chi connectivity index (χ2n) is 3.27. The van der Waals surface area contributed by atoms with Gasteiger partial charge < -0.3 is 10.5 Å². The van der Waals surface area contributed by atoms with Gasteiger partial charge in [0.25, 0.3) is 0 Å². The van der Waals surface area contributed by atoms with Gasteiger partial charge in [0.05, 0.1) is 7.11 Å². The molecule has 0 radical (unpaired) electrons. The Hall–Kier alpha value is -2.10. The number of allylic oxidation sites excluding steroid dienone is 1. The van der Waals surface area contributed by atoms with E-state index in [1.165, 1.54) is 7.11 Å². The first kappa shape index (κ1) is 12.0. The summed E-state index contributed by atoms with van der Waals surface area (Å²) in [5, 5.41) is 0. The summed E-state index contributed by atoms with van der Waals surface area (Å²) in [6.07, 6.45) is 1.63. The molecular formula is C12H14N2O2. The van der Waals surface area contributed by atoms with Gasteiger partial charge in [-0.15, -0.1) is 0 Å². The van der Waals surface area contributed by atoms with Crippen molar-refractivity contribution < 1.29 is 9.53 Å². The highest BCUT2D eigenvalue weighted by Crippen LogP contribution is 2.26. The topological polar surface area (TPSA) is 64.7 Å². The maximum atomic E-state index is 11.0. The molecule has 0 heterocycles. The zero-order valence-corrected chi connectivity index (χ0v) is 9.36. The van der Waals surface area contributed by atoms with Gasteiger partial charge in [-0.25, -0.2) is 0 Å². The quantitative estimate of drug-likeness (QED) is 0.784. The third kappa shape index (κ3) is 2.48. The Bertz CT molecular complexity index is 450. The van der Waals surface area contributed by atoms with E-state index in [4.69, 9.17) is 10.5 Å². The van der Waals surface area contributed by atoms with Crippen molar-refractivity contribution in [3.05, 3.63) is 35.5 Å². The number of primary amides is 1. The standard InChI is InChI=1S/C12H14N2O2/c1-8(7-14-2)10-5-4-9(12(13)15)6-11(10)16-3/h4-7H,2H2,1,3H3,(H2,13,15). The smallest absolute Gasteiger partial charge is 0.248 e. The van der Waals surface area contributed by atoms with Gasteiger partial charge in [-0.2, -0.15) is 0 Å². The normalized spacial score (nSPS) is 11.0. The molecule has 16 heavy (non-hydrogen) atoms. The lowest BCUT2D eigenvalue weighted by Gasteiger charge is -2.09. The largest absolute Gasteiger partial charge is 0.496 e. The first-order valence-electron chi connectivity index (χ1n) is 4.71. The Morgan fingerprint density at radius 3 is 2.75 bits per heavy atom. The molecule has 0 aliphatic rings. The van der Waals surface area contributed by atoms with Crippen molar-refractivity contribution >= 4 is 18.2 Å². The molecule has 0 aromatic heterocycles. The van der Waals surface area contributed by atoms with E-state index >= 15 is 0 Å². The van der Waals surface area contributed by atoms with E-state index in [-0.39, 0.29) is 0 Å². The molecule has 2 N–H and O–H groups in total. The minimum absolute atomic E-state index is 0.417. The summed E-state index contributed by atoms with van der Waals surface area (Å²) < 4.78 is 5.19. The SMILES string of the molecule is C=NC=C(C)c1ccc(C(N)=O)cc1OC. The highest BCUT2D eigenvalue weighted by atomic mass is 16.5. The first-order chi connectivity index (χ1) is 7.60. The number of benzene rings is 1. The molecule has 0 saturated heterocycles. The Kier molecular flexibility index (Phi) is 3.83. The van der Waals surface area contributed by atoms with E-state index in [2.05, 4.69) is 11.7 Å². The maximum absolute atomic E-state index is 11.0. The minimum atomic E-state index is -0.478. The molecule has 0 fully saturated rings. The molecule has 0 bridgehead atoms. The van der Waals surface area contributed by atoms with Crippen molar-refractivity contribution in [2.75, 3.05) is 7.11 Å². The number of rotatable bonds is 4. The van der Waals surface area contributed by atoms with E-state index in [1.54, 1.807) is 24.4 Å². The van der Waals surface area contributed by atoms with Crippen molar-refractivity contribution in [2.24, 2.45) is 10.7 Å². The third-order valence-electron chi connectivity index (χ3n) is 2.20. The lowest BCUT2D eigenvalue weighted by Crippen LogP contribution is -2.11. The van der Waals surface area contributed by atoms with Crippen molar-refractivity contribution in [3.8, 4) is 5.75 Å². The first-order valence-corrected chi connectivity index (χ1v) is 4.71. The van der Waals surface area contributed by atoms with Crippen LogP contribution in [0.25, 0.3) is 5.57 Å². The van der Waals surface area contributed by atoms with Gasteiger partial charge >= 0.3 is 0 Å². The lowest BCUT2D eigenvalue weighted by molar-refractivity contribution is 0.1000. The molecule has 0 aliphatic carbocycles. The molecular weight excluding hydrogens is 204 g/mol. The highest BCUT2D eigenvalue weighted by Gasteiger charge is 2.08. The van der Waals surface area contributed by atoms with Crippen LogP contribution in [-0.4, -0.2) is 19.7 Å². The summed E-state index contributed by atoms with van der Waals surface area (Å²) in [6.45, 7) is 5.27. The predicted octanol–water partition coefficient (Wildman–Crippen LogP) is 1.86. The number of carbonyl (C=O) groups excluding carboxylic acids is 1. The average molecular weight is 218 g/mol. The number of nitrogens with zero attached hydrogens (tertiary/aromatic N) is 1. The molecule has 1 aromatic carbocycles. The van der Waals surface area contributed by atoms with E-state index in [1.807, 2.05) is 6.92 Å². The zero-order valence-electron chi connectivity index (χ0n) is 9.36. The molecule has 4 heteroatoms. The van der Waals surface area contributed by atoms with Crippen LogP contribution in [0.4, 0.5) is 0 Å². The summed E-state index contributed by atoms with van der Waals surface area (Å²) >= 11 is 0. The van der Waals surface area contributed by atoms with Gasteiger partial charge in [0.15, 0.2) is 0 Å². The zero-order chi connectivity index (χ0) is 12.1. The lowest BCUT2D eigenvalue weighted by atomic mass is 10.0. The number of hydrogen-bond acceptors (Lipinski definition) is 3. The van der Waals surface area contributed by atoms with Crippen LogP contribution >= 0.6 is 0 Å². The molecule has 1 rings (SSSR count). The third-order valence-corrected chi connectivity index (χ3v) is 2.20. The number of aliphatic imine (C=N–C) groups is 1. The van der Waals surface area contributed by atoms with E-state index < -0.39 is 5.91 Å². The highest BCUT2D eigenvalue weighted by molar-refractivity contribution is 5.93. The van der Waals surface area contributed by atoms with Crippen LogP contribution < -0.4 is 10.5 Å². The van der Waals surface area contributed by atoms with Gasteiger partial charge in [0.1, 0.15) is 5.75 Å². The maximum Gasteiger partial charge on any atom is 0.248 e. The van der Waals surface area contributed by atoms with Crippen LogP contribution in [0.2, 0.25) is 0 Å². The van der Waals surface area contributed by atoms with Crippen LogP contribution in [0.15, 0.2) is 29.4 Å². The Morgan fingerprint density at radius 1 is 1.56 bits per heavy atom. The number of carbonyl (C=O) groups is 1. The van der Waals surface area contributed by atoms with Crippen LogP contribution in [0, 0.1) is 0 Å². The number of nitrogens with two attached hydrogens (primary N) is 1. The molecule has 0 atom stereocenters. The average Bonchev–Trinajstić information content (AvgIpc) is 2.28. The fraction of sp³-hybridized carbons (Fsp3) is 0.167. The molecule has 0 spiro atoms. The molecule has 1 aromatic rings. The van der Waals surface area contributed by atoms with Crippen LogP contribution in [0.5, 0.6) is 5.75 Å². The van der Waals surface area contributed by atoms with Gasteiger partial charge in [-0.3, -0.25) is 9.79 Å². The fourth-order valence-electron chi connectivity index (χ4n) is 1.38. The van der Waals surface area contributed by atoms with Gasteiger partial charge in [-0.05, 0) is 31.3 Å². The molecule has 4 nitrogen and oxygen atoms in total. The van der Waals surface area contributed by atoms with Gasteiger partial charge in [0.2, 0.25) is 5.91 Å². The molecule has 0 aliphatic heterocycles. The van der Waals surface area contributed by atoms with Gasteiger partial charge in [-0.1, -0.05) is 6.07 Å². The predicted molar refractivity (Wildman–Crippen MR) is 64.7 cm³/mol. The minimum Gasteiger partial charge on any atom is -0.496 e. The molecule has 0 unspecified atom stereocenters. The molecule has 84 valence electrons. The number of methoxy groups -OCH3 is 1. The Balaban J connectivity index is 3.26. The molecule has 0 saturated carbocycles. The van der Waals surface area contributed by atoms with E-state index in [0.29, 0.717) is 11.3 Å². The number of amides is 1. The van der Waals surface area contributed by atoms with Gasteiger partial charge in [0, 0.05) is 17.3 Å². The summed E-state index contributed by atoms with van der Waals surface area (Å²) in [5.74, 6) is 0.113. The monoisotopic (exact) mass is 218 g/mol. The summed E-state index contributed by atoms with van der Waals surface area (Å²) in [4.78, 5) is 14.7. The Morgan fingerprint density at radius 2 is 2.25 bits per heavy atom. The fourth-order valence-corrected chi connectivity index (χ4v) is 1.38.